The lowest BCUT2D eigenvalue weighted by Gasteiger charge is -2.28. The quantitative estimate of drug-likeness (QED) is 0.680. The summed E-state index contributed by atoms with van der Waals surface area (Å²) in [6.07, 6.45) is 4.98. The molecule has 1 aliphatic heterocycles. The molecule has 0 amide bonds. The molecule has 0 bridgehead atoms. The van der Waals surface area contributed by atoms with Crippen LogP contribution in [0.1, 0.15) is 32.6 Å². The molecule has 1 N–H and O–H groups in total. The van der Waals surface area contributed by atoms with Gasteiger partial charge in [-0.05, 0) is 26.3 Å². The molecule has 1 atom stereocenters. The van der Waals surface area contributed by atoms with E-state index in [0.717, 1.165) is 32.7 Å². The van der Waals surface area contributed by atoms with Gasteiger partial charge in [0.15, 0.2) is 0 Å². The van der Waals surface area contributed by atoms with Gasteiger partial charge in [0.2, 0.25) is 0 Å². The normalized spacial score (nSPS) is 24.9. The third kappa shape index (κ3) is 3.95. The summed E-state index contributed by atoms with van der Waals surface area (Å²) in [6, 6.07) is 0.373. The topological polar surface area (TPSA) is 32.7 Å². The molecule has 1 heterocycles. The average Bonchev–Trinajstić information content (AvgIpc) is 2.43. The van der Waals surface area contributed by atoms with Crippen LogP contribution >= 0.6 is 0 Å². The molecular weight excluding hydrogens is 178 g/mol. The largest absolute Gasteiger partial charge is 0.395 e. The second-order valence-corrected chi connectivity index (χ2v) is 3.92. The molecule has 1 aliphatic rings. The van der Waals surface area contributed by atoms with E-state index in [9.17, 15) is 5.11 Å². The van der Waals surface area contributed by atoms with E-state index in [-0.39, 0.29) is 0 Å². The Morgan fingerprint density at radius 3 is 2.93 bits per heavy atom. The number of hydrogen-bond donors (Lipinski definition) is 1. The standard InChI is InChI=1S/C11H23NO2/c1-2-14-9-8-12-7-5-3-4-6-11(12)10-13/h11,13H,2-10H2,1H3. The van der Waals surface area contributed by atoms with E-state index >= 15 is 0 Å². The fourth-order valence-electron chi connectivity index (χ4n) is 2.06. The average molecular weight is 201 g/mol. The highest BCUT2D eigenvalue weighted by Crippen LogP contribution is 2.15. The lowest BCUT2D eigenvalue weighted by molar-refractivity contribution is 0.0734. The second kappa shape index (κ2) is 7.21. The summed E-state index contributed by atoms with van der Waals surface area (Å²) >= 11 is 0. The summed E-state index contributed by atoms with van der Waals surface area (Å²) in [5.41, 5.74) is 0. The first-order valence-electron chi connectivity index (χ1n) is 5.81. The Bertz CT molecular complexity index is 141. The van der Waals surface area contributed by atoms with Crippen LogP contribution in [0.15, 0.2) is 0 Å². The zero-order valence-corrected chi connectivity index (χ0v) is 9.24. The second-order valence-electron chi connectivity index (χ2n) is 3.92. The van der Waals surface area contributed by atoms with Crippen molar-refractivity contribution in [3.63, 3.8) is 0 Å². The van der Waals surface area contributed by atoms with Gasteiger partial charge >= 0.3 is 0 Å². The first kappa shape index (κ1) is 12.0. The SMILES string of the molecule is CCOCCN1CCCCCC1CO. The fraction of sp³-hybridized carbons (Fsp3) is 1.00. The van der Waals surface area contributed by atoms with Gasteiger partial charge in [-0.25, -0.2) is 0 Å². The molecule has 1 saturated heterocycles. The molecule has 0 aromatic carbocycles. The van der Waals surface area contributed by atoms with Gasteiger partial charge < -0.3 is 9.84 Å². The van der Waals surface area contributed by atoms with E-state index in [0.29, 0.717) is 12.6 Å². The van der Waals surface area contributed by atoms with Crippen molar-refractivity contribution < 1.29 is 9.84 Å². The van der Waals surface area contributed by atoms with Crippen LogP contribution in [0, 0.1) is 0 Å². The molecule has 0 aliphatic carbocycles. The van der Waals surface area contributed by atoms with Crippen LogP contribution in [0.2, 0.25) is 0 Å². The lowest BCUT2D eigenvalue weighted by atomic mass is 10.1. The van der Waals surface area contributed by atoms with Crippen molar-refractivity contribution in [3.8, 4) is 0 Å². The maximum atomic E-state index is 9.26. The molecule has 0 spiro atoms. The molecule has 0 aromatic heterocycles. The van der Waals surface area contributed by atoms with Gasteiger partial charge in [0.05, 0.1) is 13.2 Å². The van der Waals surface area contributed by atoms with E-state index < -0.39 is 0 Å². The van der Waals surface area contributed by atoms with Crippen LogP contribution < -0.4 is 0 Å². The van der Waals surface area contributed by atoms with E-state index in [2.05, 4.69) is 4.90 Å². The third-order valence-corrected chi connectivity index (χ3v) is 2.94. The minimum absolute atomic E-state index is 0.298. The number of aliphatic hydroxyl groups excluding tert-OH is 1. The molecule has 3 heteroatoms. The highest BCUT2D eigenvalue weighted by Gasteiger charge is 2.19. The van der Waals surface area contributed by atoms with Crippen molar-refractivity contribution >= 4 is 0 Å². The number of rotatable bonds is 5. The number of ether oxygens (including phenoxy) is 1. The van der Waals surface area contributed by atoms with Crippen molar-refractivity contribution in [1.29, 1.82) is 0 Å². The zero-order chi connectivity index (χ0) is 10.2. The Balaban J connectivity index is 2.28. The summed E-state index contributed by atoms with van der Waals surface area (Å²) in [5.74, 6) is 0. The van der Waals surface area contributed by atoms with Gasteiger partial charge in [-0.2, -0.15) is 0 Å². The van der Waals surface area contributed by atoms with Crippen LogP contribution in [-0.4, -0.2) is 49.0 Å². The Morgan fingerprint density at radius 1 is 1.36 bits per heavy atom. The zero-order valence-electron chi connectivity index (χ0n) is 9.24. The number of hydrogen-bond acceptors (Lipinski definition) is 3. The van der Waals surface area contributed by atoms with Crippen LogP contribution in [0.3, 0.4) is 0 Å². The van der Waals surface area contributed by atoms with Gasteiger partial charge in [-0.15, -0.1) is 0 Å². The number of likely N-dealkylation sites (tertiary alicyclic amines) is 1. The molecule has 1 rings (SSSR count). The van der Waals surface area contributed by atoms with Crippen molar-refractivity contribution in [3.05, 3.63) is 0 Å². The maximum Gasteiger partial charge on any atom is 0.0593 e. The molecule has 0 radical (unpaired) electrons. The Morgan fingerprint density at radius 2 is 2.21 bits per heavy atom. The molecule has 14 heavy (non-hydrogen) atoms. The van der Waals surface area contributed by atoms with Crippen LogP contribution in [-0.2, 0) is 4.74 Å². The van der Waals surface area contributed by atoms with Crippen LogP contribution in [0.25, 0.3) is 0 Å². The lowest BCUT2D eigenvalue weighted by Crippen LogP contribution is -2.39. The monoisotopic (exact) mass is 201 g/mol. The smallest absolute Gasteiger partial charge is 0.0593 e. The van der Waals surface area contributed by atoms with Gasteiger partial charge in [-0.3, -0.25) is 4.90 Å². The van der Waals surface area contributed by atoms with E-state index in [1.54, 1.807) is 0 Å². The van der Waals surface area contributed by atoms with Crippen LogP contribution in [0.4, 0.5) is 0 Å². The highest BCUT2D eigenvalue weighted by molar-refractivity contribution is 4.74. The molecular formula is C11H23NO2. The predicted octanol–water partition coefficient (Wildman–Crippen LogP) is 1.26. The summed E-state index contributed by atoms with van der Waals surface area (Å²) in [7, 11) is 0. The van der Waals surface area contributed by atoms with Gasteiger partial charge in [-0.1, -0.05) is 12.8 Å². The molecule has 1 fully saturated rings. The first-order chi connectivity index (χ1) is 6.88. The van der Waals surface area contributed by atoms with E-state index in [4.69, 9.17) is 4.74 Å². The number of aliphatic hydroxyl groups is 1. The van der Waals surface area contributed by atoms with Crippen molar-refractivity contribution in [1.82, 2.24) is 4.90 Å². The maximum absolute atomic E-state index is 9.26. The van der Waals surface area contributed by atoms with Crippen molar-refractivity contribution in [2.45, 2.75) is 38.6 Å². The van der Waals surface area contributed by atoms with Gasteiger partial charge in [0.1, 0.15) is 0 Å². The van der Waals surface area contributed by atoms with Crippen molar-refractivity contribution in [2.75, 3.05) is 32.9 Å². The van der Waals surface area contributed by atoms with E-state index in [1.165, 1.54) is 19.3 Å². The summed E-state index contributed by atoms with van der Waals surface area (Å²) in [5, 5.41) is 9.26. The Labute approximate surface area is 87.1 Å². The van der Waals surface area contributed by atoms with Crippen LogP contribution in [0.5, 0.6) is 0 Å². The summed E-state index contributed by atoms with van der Waals surface area (Å²) in [6.45, 7) is 6.00. The van der Waals surface area contributed by atoms with Gasteiger partial charge in [0.25, 0.3) is 0 Å². The molecule has 3 nitrogen and oxygen atoms in total. The molecule has 0 aromatic rings. The van der Waals surface area contributed by atoms with E-state index in [1.807, 2.05) is 6.92 Å². The third-order valence-electron chi connectivity index (χ3n) is 2.94. The molecule has 0 saturated carbocycles. The number of nitrogens with zero attached hydrogens (tertiary/aromatic N) is 1. The van der Waals surface area contributed by atoms with Gasteiger partial charge in [0, 0.05) is 19.2 Å². The summed E-state index contributed by atoms with van der Waals surface area (Å²) in [4.78, 5) is 2.38. The highest BCUT2D eigenvalue weighted by atomic mass is 16.5. The Kier molecular flexibility index (Phi) is 6.15. The summed E-state index contributed by atoms with van der Waals surface area (Å²) < 4.78 is 5.35. The molecule has 1 unspecified atom stereocenters. The van der Waals surface area contributed by atoms with Crippen molar-refractivity contribution in [2.24, 2.45) is 0 Å². The fourth-order valence-corrected chi connectivity index (χ4v) is 2.06. The molecule has 84 valence electrons. The minimum atomic E-state index is 0.298. The predicted molar refractivity (Wildman–Crippen MR) is 57.4 cm³/mol. The first-order valence-corrected chi connectivity index (χ1v) is 5.81. The minimum Gasteiger partial charge on any atom is -0.395 e. The Hall–Kier alpha value is -0.120.